The van der Waals surface area contributed by atoms with Gasteiger partial charge in [0.25, 0.3) is 0 Å². The summed E-state index contributed by atoms with van der Waals surface area (Å²) in [6.07, 6.45) is 5.21. The lowest BCUT2D eigenvalue weighted by molar-refractivity contribution is 0.376. The first-order chi connectivity index (χ1) is 6.85. The van der Waals surface area contributed by atoms with Crippen molar-refractivity contribution in [2.45, 2.75) is 31.3 Å². The zero-order valence-electron chi connectivity index (χ0n) is 8.14. The molecular weight excluding hydrogens is 178 g/mol. The van der Waals surface area contributed by atoms with Gasteiger partial charge in [-0.25, -0.2) is 4.68 Å². The summed E-state index contributed by atoms with van der Waals surface area (Å²) in [5.41, 5.74) is 0.395. The Morgan fingerprint density at radius 3 is 3.14 bits per heavy atom. The Labute approximate surface area is 82.7 Å². The van der Waals surface area contributed by atoms with Crippen LogP contribution in [-0.4, -0.2) is 28.1 Å². The highest BCUT2D eigenvalue weighted by molar-refractivity contribution is 5.13. The highest BCUT2D eigenvalue weighted by Crippen LogP contribution is 2.28. The molecule has 0 aromatic carbocycles. The third-order valence-electron chi connectivity index (χ3n) is 2.81. The first kappa shape index (κ1) is 9.16. The molecule has 2 unspecified atom stereocenters. The Morgan fingerprint density at radius 1 is 1.64 bits per heavy atom. The maximum Gasteiger partial charge on any atom is 0.182 e. The average Bonchev–Trinajstić information content (AvgIpc) is 2.85. The minimum atomic E-state index is 0.356. The van der Waals surface area contributed by atoms with E-state index >= 15 is 0 Å². The van der Waals surface area contributed by atoms with Gasteiger partial charge in [-0.1, -0.05) is 5.21 Å². The van der Waals surface area contributed by atoms with Crippen LogP contribution in [0.25, 0.3) is 0 Å². The van der Waals surface area contributed by atoms with Gasteiger partial charge in [-0.05, 0) is 26.3 Å². The third kappa shape index (κ3) is 1.49. The second-order valence-corrected chi connectivity index (χ2v) is 3.59. The van der Waals surface area contributed by atoms with E-state index in [0.717, 1.165) is 6.42 Å². The summed E-state index contributed by atoms with van der Waals surface area (Å²) < 4.78 is 1.81. The highest BCUT2D eigenvalue weighted by atomic mass is 15.4. The maximum absolute atomic E-state index is 8.64. The van der Waals surface area contributed by atoms with E-state index in [9.17, 15) is 0 Å². The first-order valence-electron chi connectivity index (χ1n) is 4.84. The monoisotopic (exact) mass is 191 g/mol. The average molecular weight is 191 g/mol. The van der Waals surface area contributed by atoms with Gasteiger partial charge in [0.2, 0.25) is 0 Å². The van der Waals surface area contributed by atoms with Crippen LogP contribution in [0.1, 0.15) is 31.0 Å². The van der Waals surface area contributed by atoms with Crippen molar-refractivity contribution in [2.75, 3.05) is 7.05 Å². The van der Waals surface area contributed by atoms with Crippen LogP contribution in [0.15, 0.2) is 6.20 Å². The lowest BCUT2D eigenvalue weighted by atomic mass is 10.2. The molecule has 5 nitrogen and oxygen atoms in total. The number of likely N-dealkylation sites (N-methyl/N-ethyl adjacent to an activating group) is 1. The van der Waals surface area contributed by atoms with Crippen LogP contribution in [-0.2, 0) is 0 Å². The molecule has 0 saturated heterocycles. The van der Waals surface area contributed by atoms with E-state index < -0.39 is 0 Å². The van der Waals surface area contributed by atoms with Crippen LogP contribution in [0.3, 0.4) is 0 Å². The molecule has 0 aliphatic heterocycles. The summed E-state index contributed by atoms with van der Waals surface area (Å²) in [6.45, 7) is 0. The predicted molar refractivity (Wildman–Crippen MR) is 50.5 cm³/mol. The van der Waals surface area contributed by atoms with Crippen molar-refractivity contribution in [3.05, 3.63) is 11.9 Å². The van der Waals surface area contributed by atoms with Crippen molar-refractivity contribution in [3.8, 4) is 6.07 Å². The summed E-state index contributed by atoms with van der Waals surface area (Å²) in [7, 11) is 1.96. The number of nitriles is 1. The number of nitrogens with one attached hydrogen (secondary N) is 1. The highest BCUT2D eigenvalue weighted by Gasteiger charge is 2.28. The molecule has 1 saturated carbocycles. The molecule has 1 aliphatic carbocycles. The topological polar surface area (TPSA) is 66.5 Å². The van der Waals surface area contributed by atoms with Crippen LogP contribution in [0, 0.1) is 11.3 Å². The smallest absolute Gasteiger partial charge is 0.182 e. The molecule has 0 amide bonds. The normalized spacial score (nSPS) is 26.3. The Bertz CT molecular complexity index is 350. The van der Waals surface area contributed by atoms with Crippen LogP contribution in [0.4, 0.5) is 0 Å². The number of aromatic nitrogens is 3. The van der Waals surface area contributed by atoms with Crippen molar-refractivity contribution >= 4 is 0 Å². The van der Waals surface area contributed by atoms with E-state index in [1.54, 1.807) is 6.20 Å². The second kappa shape index (κ2) is 3.76. The van der Waals surface area contributed by atoms with E-state index in [1.165, 1.54) is 12.8 Å². The minimum absolute atomic E-state index is 0.356. The van der Waals surface area contributed by atoms with Gasteiger partial charge >= 0.3 is 0 Å². The molecule has 2 atom stereocenters. The Kier molecular flexibility index (Phi) is 2.46. The van der Waals surface area contributed by atoms with Gasteiger partial charge < -0.3 is 5.32 Å². The van der Waals surface area contributed by atoms with Gasteiger partial charge in [0.05, 0.1) is 12.2 Å². The standard InChI is InChI=1S/C9H13N5/c1-11-8-3-2-4-9(8)14-6-7(5-10)12-13-14/h6,8-9,11H,2-4H2,1H3. The number of rotatable bonds is 2. The molecule has 5 heteroatoms. The van der Waals surface area contributed by atoms with E-state index in [0.29, 0.717) is 17.8 Å². The van der Waals surface area contributed by atoms with E-state index in [2.05, 4.69) is 15.6 Å². The molecule has 1 aromatic heterocycles. The van der Waals surface area contributed by atoms with Gasteiger partial charge in [0.15, 0.2) is 5.69 Å². The van der Waals surface area contributed by atoms with E-state index in [1.807, 2.05) is 17.8 Å². The Hall–Kier alpha value is -1.41. The minimum Gasteiger partial charge on any atom is -0.315 e. The number of nitrogens with zero attached hydrogens (tertiary/aromatic N) is 4. The summed E-state index contributed by atoms with van der Waals surface area (Å²) in [6, 6.07) is 2.81. The third-order valence-corrected chi connectivity index (χ3v) is 2.81. The zero-order valence-corrected chi connectivity index (χ0v) is 8.14. The van der Waals surface area contributed by atoms with Crippen LogP contribution in [0.5, 0.6) is 0 Å². The molecule has 1 heterocycles. The van der Waals surface area contributed by atoms with Gasteiger partial charge in [0.1, 0.15) is 6.07 Å². The van der Waals surface area contributed by atoms with Gasteiger partial charge in [-0.15, -0.1) is 5.10 Å². The lowest BCUT2D eigenvalue weighted by Crippen LogP contribution is -2.31. The van der Waals surface area contributed by atoms with Crippen molar-refractivity contribution in [3.63, 3.8) is 0 Å². The number of hydrogen-bond acceptors (Lipinski definition) is 4. The molecule has 0 spiro atoms. The van der Waals surface area contributed by atoms with Crippen LogP contribution >= 0.6 is 0 Å². The van der Waals surface area contributed by atoms with Crippen molar-refractivity contribution < 1.29 is 0 Å². The largest absolute Gasteiger partial charge is 0.315 e. The van der Waals surface area contributed by atoms with Crippen LogP contribution < -0.4 is 5.32 Å². The van der Waals surface area contributed by atoms with Crippen LogP contribution in [0.2, 0.25) is 0 Å². The van der Waals surface area contributed by atoms with Crippen molar-refractivity contribution in [1.29, 1.82) is 5.26 Å². The van der Waals surface area contributed by atoms with Crippen molar-refractivity contribution in [1.82, 2.24) is 20.3 Å². The fourth-order valence-corrected chi connectivity index (χ4v) is 2.08. The molecule has 1 aromatic rings. The molecule has 0 bridgehead atoms. The van der Waals surface area contributed by atoms with Gasteiger partial charge in [0, 0.05) is 6.04 Å². The SMILES string of the molecule is CNC1CCCC1n1cc(C#N)nn1. The first-order valence-corrected chi connectivity index (χ1v) is 4.84. The quantitative estimate of drug-likeness (QED) is 0.737. The molecule has 0 radical (unpaired) electrons. The van der Waals surface area contributed by atoms with E-state index in [-0.39, 0.29) is 0 Å². The molecule has 14 heavy (non-hydrogen) atoms. The summed E-state index contributed by atoms with van der Waals surface area (Å²) in [5, 5.41) is 19.6. The summed E-state index contributed by atoms with van der Waals surface area (Å²) in [5.74, 6) is 0. The molecule has 2 rings (SSSR count). The van der Waals surface area contributed by atoms with Gasteiger partial charge in [-0.2, -0.15) is 5.26 Å². The number of hydrogen-bond donors (Lipinski definition) is 1. The molecule has 1 N–H and O–H groups in total. The molecule has 74 valence electrons. The van der Waals surface area contributed by atoms with E-state index in [4.69, 9.17) is 5.26 Å². The lowest BCUT2D eigenvalue weighted by Gasteiger charge is -2.18. The Morgan fingerprint density at radius 2 is 2.50 bits per heavy atom. The summed E-state index contributed by atoms with van der Waals surface area (Å²) in [4.78, 5) is 0. The summed E-state index contributed by atoms with van der Waals surface area (Å²) >= 11 is 0. The fourth-order valence-electron chi connectivity index (χ4n) is 2.08. The molecule has 1 aliphatic rings. The maximum atomic E-state index is 8.64. The zero-order chi connectivity index (χ0) is 9.97. The fraction of sp³-hybridized carbons (Fsp3) is 0.667. The molecule has 1 fully saturated rings. The second-order valence-electron chi connectivity index (χ2n) is 3.59. The van der Waals surface area contributed by atoms with Crippen molar-refractivity contribution in [2.24, 2.45) is 0 Å². The Balaban J connectivity index is 2.18. The predicted octanol–water partition coefficient (Wildman–Crippen LogP) is 0.463. The van der Waals surface area contributed by atoms with Gasteiger partial charge in [-0.3, -0.25) is 0 Å². The molecular formula is C9H13N5.